The van der Waals surface area contributed by atoms with Gasteiger partial charge in [0.1, 0.15) is 11.8 Å². The first-order valence-corrected chi connectivity index (χ1v) is 8.10. The molecule has 27 heavy (non-hydrogen) atoms. The number of benzene rings is 1. The molecule has 1 amide bonds. The number of carbonyl (C=O) groups is 5. The van der Waals surface area contributed by atoms with Gasteiger partial charge in [0, 0.05) is 0 Å². The molecule has 9 nitrogen and oxygen atoms in total. The quantitative estimate of drug-likeness (QED) is 0.373. The lowest BCUT2D eigenvalue weighted by molar-refractivity contribution is -0.145. The Balaban J connectivity index is 3.23. The van der Waals surface area contributed by atoms with Gasteiger partial charge in [0.05, 0.1) is 31.9 Å². The highest BCUT2D eigenvalue weighted by Crippen LogP contribution is 2.23. The van der Waals surface area contributed by atoms with Crippen LogP contribution in [0.25, 0.3) is 0 Å². The Bertz CT molecular complexity index is 718. The number of ether oxygens (including phenoxy) is 1. The number of aliphatic carboxylic acids is 1. The zero-order valence-electron chi connectivity index (χ0n) is 15.0. The van der Waals surface area contributed by atoms with Gasteiger partial charge in [-0.25, -0.2) is 0 Å². The number of amides is 1. The van der Waals surface area contributed by atoms with Crippen molar-refractivity contribution in [1.82, 2.24) is 5.32 Å². The molecule has 0 heterocycles. The second-order valence-electron chi connectivity index (χ2n) is 5.94. The molecule has 0 aliphatic carbocycles. The Labute approximate surface area is 155 Å². The van der Waals surface area contributed by atoms with Gasteiger partial charge in [-0.05, 0) is 12.5 Å². The molecular formula is C18H22N2O7. The normalized spacial score (nSPS) is 13.7. The number of carboxylic acid groups (broad SMARTS) is 1. The smallest absolute Gasteiger partial charge is 0.323 e. The molecule has 0 aromatic heterocycles. The number of carbonyl (C=O) groups excluding carboxylic acids is 4. The summed E-state index contributed by atoms with van der Waals surface area (Å²) in [6, 6.07) is 5.20. The lowest BCUT2D eigenvalue weighted by Crippen LogP contribution is -2.50. The lowest BCUT2D eigenvalue weighted by Gasteiger charge is -2.26. The molecule has 0 radical (unpaired) electrons. The molecule has 0 saturated heterocycles. The van der Waals surface area contributed by atoms with E-state index >= 15 is 0 Å². The molecular weight excluding hydrogens is 356 g/mol. The van der Waals surface area contributed by atoms with Gasteiger partial charge in [0.15, 0.2) is 5.78 Å². The Morgan fingerprint density at radius 1 is 1.15 bits per heavy atom. The van der Waals surface area contributed by atoms with E-state index < -0.39 is 60.3 Å². The van der Waals surface area contributed by atoms with Crippen LogP contribution in [-0.2, 0) is 28.7 Å². The maximum atomic E-state index is 13.0. The number of nitrogens with two attached hydrogens (primary N) is 1. The van der Waals surface area contributed by atoms with Crippen LogP contribution in [0.5, 0.6) is 0 Å². The number of carboxylic acids is 1. The second kappa shape index (κ2) is 10.2. The SMILES string of the molecule is COC(=O)[C@@H](N)C(C(=O)[C@H](CC(=O)O)NC(=O)CC(C)=O)c1ccccc1. The Morgan fingerprint density at radius 2 is 1.74 bits per heavy atom. The molecule has 0 fully saturated rings. The highest BCUT2D eigenvalue weighted by molar-refractivity contribution is 6.02. The highest BCUT2D eigenvalue weighted by atomic mass is 16.5. The third-order valence-corrected chi connectivity index (χ3v) is 3.76. The Kier molecular flexibility index (Phi) is 8.28. The van der Waals surface area contributed by atoms with Gasteiger partial charge in [0.2, 0.25) is 5.91 Å². The molecule has 1 aromatic carbocycles. The van der Waals surface area contributed by atoms with Gasteiger partial charge < -0.3 is 20.9 Å². The van der Waals surface area contributed by atoms with Gasteiger partial charge >= 0.3 is 11.9 Å². The van der Waals surface area contributed by atoms with Crippen LogP contribution in [0, 0.1) is 0 Å². The van der Waals surface area contributed by atoms with E-state index in [-0.39, 0.29) is 0 Å². The molecule has 0 saturated carbocycles. The highest BCUT2D eigenvalue weighted by Gasteiger charge is 2.38. The topological polar surface area (TPSA) is 153 Å². The van der Waals surface area contributed by atoms with Gasteiger partial charge in [-0.2, -0.15) is 0 Å². The van der Waals surface area contributed by atoms with Crippen LogP contribution in [0.1, 0.15) is 31.2 Å². The van der Waals surface area contributed by atoms with Crippen molar-refractivity contribution >= 4 is 29.4 Å². The van der Waals surface area contributed by atoms with Crippen molar-refractivity contribution < 1.29 is 33.8 Å². The van der Waals surface area contributed by atoms with E-state index in [9.17, 15) is 24.0 Å². The predicted octanol–water partition coefficient (Wildman–Crippen LogP) is -0.222. The van der Waals surface area contributed by atoms with Crippen LogP contribution >= 0.6 is 0 Å². The minimum Gasteiger partial charge on any atom is -0.481 e. The summed E-state index contributed by atoms with van der Waals surface area (Å²) in [4.78, 5) is 59.0. The van der Waals surface area contributed by atoms with E-state index in [4.69, 9.17) is 10.8 Å². The van der Waals surface area contributed by atoms with Crippen molar-refractivity contribution in [2.45, 2.75) is 37.8 Å². The van der Waals surface area contributed by atoms with E-state index in [1.807, 2.05) is 0 Å². The van der Waals surface area contributed by atoms with Crippen molar-refractivity contribution in [3.8, 4) is 0 Å². The number of methoxy groups -OCH3 is 1. The standard InChI is InChI=1S/C18H22N2O7/c1-10(21)8-13(22)20-12(9-14(23)24)17(25)15(16(19)18(26)27-2)11-6-4-3-5-7-11/h3-7,12,15-16H,8-9,19H2,1-2H3,(H,20,22)(H,23,24)/t12-,15?,16-/m0/s1. The molecule has 3 atom stereocenters. The Hall–Kier alpha value is -3.07. The summed E-state index contributed by atoms with van der Waals surface area (Å²) in [6.45, 7) is 1.19. The minimum atomic E-state index is -1.46. The van der Waals surface area contributed by atoms with E-state index in [2.05, 4.69) is 10.1 Å². The lowest BCUT2D eigenvalue weighted by atomic mass is 9.84. The van der Waals surface area contributed by atoms with E-state index in [1.165, 1.54) is 6.92 Å². The average molecular weight is 378 g/mol. The number of rotatable bonds is 10. The molecule has 9 heteroatoms. The average Bonchev–Trinajstić information content (AvgIpc) is 2.60. The van der Waals surface area contributed by atoms with Crippen molar-refractivity contribution in [2.75, 3.05) is 7.11 Å². The summed E-state index contributed by atoms with van der Waals surface area (Å²) >= 11 is 0. The molecule has 1 unspecified atom stereocenters. The van der Waals surface area contributed by atoms with Gasteiger partial charge in [-0.1, -0.05) is 30.3 Å². The van der Waals surface area contributed by atoms with E-state index in [0.29, 0.717) is 5.56 Å². The zero-order chi connectivity index (χ0) is 20.6. The molecule has 1 aromatic rings. The molecule has 1 rings (SSSR count). The maximum absolute atomic E-state index is 13.0. The van der Waals surface area contributed by atoms with E-state index in [1.54, 1.807) is 30.3 Å². The third kappa shape index (κ3) is 6.63. The molecule has 0 aliphatic heterocycles. The van der Waals surface area contributed by atoms with Gasteiger partial charge in [-0.3, -0.25) is 24.0 Å². The van der Waals surface area contributed by atoms with Crippen LogP contribution in [0.4, 0.5) is 0 Å². The van der Waals surface area contributed by atoms with Gasteiger partial charge in [0.25, 0.3) is 0 Å². The number of hydrogen-bond donors (Lipinski definition) is 3. The van der Waals surface area contributed by atoms with Crippen LogP contribution in [0.2, 0.25) is 0 Å². The van der Waals surface area contributed by atoms with Crippen LogP contribution in [-0.4, -0.2) is 53.7 Å². The third-order valence-electron chi connectivity index (χ3n) is 3.76. The monoisotopic (exact) mass is 378 g/mol. The summed E-state index contributed by atoms with van der Waals surface area (Å²) in [7, 11) is 1.11. The first kappa shape index (κ1) is 22.0. The summed E-state index contributed by atoms with van der Waals surface area (Å²) in [6.07, 6.45) is -1.22. The summed E-state index contributed by atoms with van der Waals surface area (Å²) in [5.41, 5.74) is 6.25. The number of esters is 1. The second-order valence-corrected chi connectivity index (χ2v) is 5.94. The predicted molar refractivity (Wildman–Crippen MR) is 93.7 cm³/mol. The van der Waals surface area contributed by atoms with Crippen LogP contribution in [0.15, 0.2) is 30.3 Å². The fourth-order valence-electron chi connectivity index (χ4n) is 2.57. The number of nitrogens with one attached hydrogen (secondary N) is 1. The van der Waals surface area contributed by atoms with Crippen molar-refractivity contribution in [2.24, 2.45) is 5.73 Å². The fraction of sp³-hybridized carbons (Fsp3) is 0.389. The summed E-state index contributed by atoms with van der Waals surface area (Å²) in [5.74, 6) is -5.43. The molecule has 4 N–H and O–H groups in total. The maximum Gasteiger partial charge on any atom is 0.323 e. The Morgan fingerprint density at radius 3 is 2.22 bits per heavy atom. The summed E-state index contributed by atoms with van der Waals surface area (Å²) in [5, 5.41) is 11.3. The molecule has 0 aliphatic rings. The number of hydrogen-bond acceptors (Lipinski definition) is 7. The van der Waals surface area contributed by atoms with Crippen LogP contribution in [0.3, 0.4) is 0 Å². The zero-order valence-corrected chi connectivity index (χ0v) is 15.0. The minimum absolute atomic E-state index is 0.372. The molecule has 0 bridgehead atoms. The largest absolute Gasteiger partial charge is 0.481 e. The molecule has 0 spiro atoms. The fourth-order valence-corrected chi connectivity index (χ4v) is 2.57. The first-order valence-electron chi connectivity index (χ1n) is 8.10. The van der Waals surface area contributed by atoms with Crippen molar-refractivity contribution in [3.05, 3.63) is 35.9 Å². The van der Waals surface area contributed by atoms with Crippen molar-refractivity contribution in [1.29, 1.82) is 0 Å². The van der Waals surface area contributed by atoms with Gasteiger partial charge in [-0.15, -0.1) is 0 Å². The number of Topliss-reactive ketones (excluding diaryl/α,β-unsaturated/α-hetero) is 2. The van der Waals surface area contributed by atoms with E-state index in [0.717, 1.165) is 7.11 Å². The van der Waals surface area contributed by atoms with Crippen LogP contribution < -0.4 is 11.1 Å². The molecule has 146 valence electrons. The first-order chi connectivity index (χ1) is 12.7. The summed E-state index contributed by atoms with van der Waals surface area (Å²) < 4.78 is 4.59. The van der Waals surface area contributed by atoms with Crippen molar-refractivity contribution in [3.63, 3.8) is 0 Å². The number of ketones is 2.